The Bertz CT molecular complexity index is 565. The molecule has 0 spiro atoms. The van der Waals surface area contributed by atoms with Crippen molar-refractivity contribution in [2.75, 3.05) is 10.6 Å². The Morgan fingerprint density at radius 3 is 2.84 bits per heavy atom. The van der Waals surface area contributed by atoms with Gasteiger partial charge in [0.1, 0.15) is 0 Å². The van der Waals surface area contributed by atoms with E-state index in [0.29, 0.717) is 0 Å². The molecule has 0 unspecified atom stereocenters. The van der Waals surface area contributed by atoms with Crippen LogP contribution in [0.25, 0.3) is 0 Å². The second kappa shape index (κ2) is 6.87. The molecule has 100 valence electrons. The lowest BCUT2D eigenvalue weighted by Gasteiger charge is -2.06. The van der Waals surface area contributed by atoms with Crippen molar-refractivity contribution in [3.8, 4) is 0 Å². The Morgan fingerprint density at radius 1 is 1.32 bits per heavy atom. The molecule has 1 aromatic carbocycles. The number of aryl methyl sites for hydroxylation is 2. The van der Waals surface area contributed by atoms with Gasteiger partial charge in [0.15, 0.2) is 0 Å². The van der Waals surface area contributed by atoms with Gasteiger partial charge in [0, 0.05) is 15.9 Å². The van der Waals surface area contributed by atoms with Crippen molar-refractivity contribution in [2.45, 2.75) is 19.8 Å². The van der Waals surface area contributed by atoms with Crippen LogP contribution in [0.5, 0.6) is 0 Å². The summed E-state index contributed by atoms with van der Waals surface area (Å²) in [5.74, 6) is -0.0317. The summed E-state index contributed by atoms with van der Waals surface area (Å²) < 4.78 is 0. The summed E-state index contributed by atoms with van der Waals surface area (Å²) in [4.78, 5) is 13.9. The molecule has 0 aliphatic heterocycles. The quantitative estimate of drug-likeness (QED) is 0.791. The molecule has 1 aromatic heterocycles. The molecule has 0 fully saturated rings. The fraction of sp³-hybridized carbons (Fsp3) is 0.267. The molecule has 0 radical (unpaired) electrons. The van der Waals surface area contributed by atoms with Crippen molar-refractivity contribution in [3.63, 3.8) is 0 Å². The molecular weight excluding hydrogens is 322 g/mol. The van der Waals surface area contributed by atoms with E-state index >= 15 is 0 Å². The highest BCUT2D eigenvalue weighted by Crippen LogP contribution is 2.18. The SMILES string of the molecule is Cc1ccc(C(=O)Nc2cccc(CCCBr)c2)s1. The fourth-order valence-electron chi connectivity index (χ4n) is 1.82. The van der Waals surface area contributed by atoms with E-state index in [0.717, 1.165) is 33.6 Å². The predicted octanol–water partition coefficient (Wildman–Crippen LogP) is 4.64. The third kappa shape index (κ3) is 4.18. The highest BCUT2D eigenvalue weighted by molar-refractivity contribution is 9.09. The average Bonchev–Trinajstić information content (AvgIpc) is 2.83. The predicted molar refractivity (Wildman–Crippen MR) is 85.6 cm³/mol. The minimum absolute atomic E-state index is 0.0317. The van der Waals surface area contributed by atoms with Crippen LogP contribution in [0.3, 0.4) is 0 Å². The molecule has 0 atom stereocenters. The van der Waals surface area contributed by atoms with Crippen molar-refractivity contribution >= 4 is 38.9 Å². The molecule has 0 saturated heterocycles. The van der Waals surface area contributed by atoms with Crippen LogP contribution in [0.15, 0.2) is 36.4 Å². The molecule has 1 amide bonds. The maximum absolute atomic E-state index is 12.0. The molecular formula is C15H16BrNOS. The first kappa shape index (κ1) is 14.3. The Kier molecular flexibility index (Phi) is 5.16. The molecule has 2 nitrogen and oxygen atoms in total. The largest absolute Gasteiger partial charge is 0.321 e. The van der Waals surface area contributed by atoms with Gasteiger partial charge in [0.2, 0.25) is 0 Å². The van der Waals surface area contributed by atoms with Gasteiger partial charge in [0.05, 0.1) is 4.88 Å². The molecule has 0 bridgehead atoms. The first-order valence-electron chi connectivity index (χ1n) is 6.22. The smallest absolute Gasteiger partial charge is 0.265 e. The molecule has 19 heavy (non-hydrogen) atoms. The molecule has 0 aliphatic rings. The van der Waals surface area contributed by atoms with Crippen LogP contribution in [0.2, 0.25) is 0 Å². The summed E-state index contributed by atoms with van der Waals surface area (Å²) in [6.45, 7) is 2.00. The minimum Gasteiger partial charge on any atom is -0.321 e. The fourth-order valence-corrected chi connectivity index (χ4v) is 2.87. The summed E-state index contributed by atoms with van der Waals surface area (Å²) in [6.07, 6.45) is 2.12. The number of hydrogen-bond acceptors (Lipinski definition) is 2. The van der Waals surface area contributed by atoms with Crippen LogP contribution >= 0.6 is 27.3 Å². The normalized spacial score (nSPS) is 10.4. The number of anilines is 1. The van der Waals surface area contributed by atoms with Crippen molar-refractivity contribution in [1.29, 1.82) is 0 Å². The molecule has 1 N–H and O–H groups in total. The summed E-state index contributed by atoms with van der Waals surface area (Å²) in [5.41, 5.74) is 2.11. The van der Waals surface area contributed by atoms with E-state index in [9.17, 15) is 4.79 Å². The standard InChI is InChI=1S/C15H16BrNOS/c1-11-7-8-14(19-11)15(18)17-13-6-2-4-12(10-13)5-3-9-16/h2,4,6-8,10H,3,5,9H2,1H3,(H,17,18). The zero-order valence-corrected chi connectivity index (χ0v) is 13.2. The van der Waals surface area contributed by atoms with Gasteiger partial charge in [-0.15, -0.1) is 11.3 Å². The van der Waals surface area contributed by atoms with Gasteiger partial charge in [0.25, 0.3) is 5.91 Å². The number of hydrogen-bond donors (Lipinski definition) is 1. The van der Waals surface area contributed by atoms with Gasteiger partial charge in [-0.3, -0.25) is 4.79 Å². The van der Waals surface area contributed by atoms with Crippen LogP contribution in [-0.2, 0) is 6.42 Å². The number of benzene rings is 1. The third-order valence-corrected chi connectivity index (χ3v) is 4.31. The maximum atomic E-state index is 12.0. The molecule has 0 aliphatic carbocycles. The Labute approximate surface area is 126 Å². The molecule has 0 saturated carbocycles. The van der Waals surface area contributed by atoms with Gasteiger partial charge in [-0.25, -0.2) is 0 Å². The summed E-state index contributed by atoms with van der Waals surface area (Å²) in [6, 6.07) is 11.9. The van der Waals surface area contributed by atoms with E-state index in [4.69, 9.17) is 0 Å². The van der Waals surface area contributed by atoms with E-state index in [1.165, 1.54) is 16.9 Å². The zero-order valence-electron chi connectivity index (χ0n) is 10.8. The van der Waals surface area contributed by atoms with E-state index in [1.807, 2.05) is 37.3 Å². The first-order valence-corrected chi connectivity index (χ1v) is 8.15. The number of amides is 1. The van der Waals surface area contributed by atoms with Crippen molar-refractivity contribution in [3.05, 3.63) is 51.7 Å². The molecule has 1 heterocycles. The molecule has 2 aromatic rings. The van der Waals surface area contributed by atoms with Gasteiger partial charge in [-0.1, -0.05) is 28.1 Å². The van der Waals surface area contributed by atoms with Crippen molar-refractivity contribution in [1.82, 2.24) is 0 Å². The lowest BCUT2D eigenvalue weighted by molar-refractivity contribution is 0.103. The minimum atomic E-state index is -0.0317. The second-order valence-electron chi connectivity index (χ2n) is 4.36. The lowest BCUT2D eigenvalue weighted by atomic mass is 10.1. The van der Waals surface area contributed by atoms with Crippen LogP contribution in [0.4, 0.5) is 5.69 Å². The topological polar surface area (TPSA) is 29.1 Å². The maximum Gasteiger partial charge on any atom is 0.265 e. The number of halogens is 1. The summed E-state index contributed by atoms with van der Waals surface area (Å²) in [5, 5.41) is 3.95. The Balaban J connectivity index is 2.04. The van der Waals surface area contributed by atoms with Gasteiger partial charge < -0.3 is 5.32 Å². The van der Waals surface area contributed by atoms with Gasteiger partial charge >= 0.3 is 0 Å². The molecule has 4 heteroatoms. The number of alkyl halides is 1. The first-order chi connectivity index (χ1) is 9.19. The number of nitrogens with one attached hydrogen (secondary N) is 1. The number of carbonyl (C=O) groups is 1. The van der Waals surface area contributed by atoms with Crippen LogP contribution < -0.4 is 5.32 Å². The van der Waals surface area contributed by atoms with E-state index in [-0.39, 0.29) is 5.91 Å². The summed E-state index contributed by atoms with van der Waals surface area (Å²) in [7, 11) is 0. The van der Waals surface area contributed by atoms with Crippen LogP contribution in [0.1, 0.15) is 26.5 Å². The van der Waals surface area contributed by atoms with Crippen molar-refractivity contribution < 1.29 is 4.79 Å². The van der Waals surface area contributed by atoms with E-state index in [2.05, 4.69) is 27.3 Å². The lowest BCUT2D eigenvalue weighted by Crippen LogP contribution is -2.10. The monoisotopic (exact) mass is 337 g/mol. The number of thiophene rings is 1. The Morgan fingerprint density at radius 2 is 2.16 bits per heavy atom. The highest BCUT2D eigenvalue weighted by Gasteiger charge is 2.08. The summed E-state index contributed by atoms with van der Waals surface area (Å²) >= 11 is 4.95. The van der Waals surface area contributed by atoms with Crippen LogP contribution in [-0.4, -0.2) is 11.2 Å². The average molecular weight is 338 g/mol. The van der Waals surface area contributed by atoms with E-state index in [1.54, 1.807) is 0 Å². The Hall–Kier alpha value is -1.13. The van der Waals surface area contributed by atoms with Gasteiger partial charge in [-0.05, 0) is 49.6 Å². The van der Waals surface area contributed by atoms with Crippen LogP contribution in [0, 0.1) is 6.92 Å². The number of carbonyl (C=O) groups excluding carboxylic acids is 1. The van der Waals surface area contributed by atoms with E-state index < -0.39 is 0 Å². The van der Waals surface area contributed by atoms with Crippen molar-refractivity contribution in [2.24, 2.45) is 0 Å². The van der Waals surface area contributed by atoms with Gasteiger partial charge in [-0.2, -0.15) is 0 Å². The third-order valence-electron chi connectivity index (χ3n) is 2.75. The zero-order chi connectivity index (χ0) is 13.7. The molecule has 2 rings (SSSR count). The number of rotatable bonds is 5. The highest BCUT2D eigenvalue weighted by atomic mass is 79.9. The second-order valence-corrected chi connectivity index (χ2v) is 6.44.